The van der Waals surface area contributed by atoms with Crippen LogP contribution in [0.15, 0.2) is 0 Å². The Hall–Kier alpha value is -0.660. The molecule has 0 heterocycles. The minimum atomic E-state index is -0.157. The van der Waals surface area contributed by atoms with Crippen LogP contribution in [-0.4, -0.2) is 11.5 Å². The molecule has 0 unspecified atom stereocenters. The van der Waals surface area contributed by atoms with Gasteiger partial charge >= 0.3 is 0 Å². The van der Waals surface area contributed by atoms with E-state index in [1.165, 1.54) is 13.8 Å². The number of rotatable bonds is 1. The average molecular weight is 85.1 g/mol. The van der Waals surface area contributed by atoms with Gasteiger partial charge in [0.25, 0.3) is 0 Å². The molecule has 0 bridgehead atoms. The van der Waals surface area contributed by atoms with Gasteiger partial charge in [0.2, 0.25) is 0 Å². The third kappa shape index (κ3) is 1.64. The van der Waals surface area contributed by atoms with Gasteiger partial charge in [-0.05, 0) is 6.92 Å². The molecule has 0 amide bonds. The van der Waals surface area contributed by atoms with Crippen molar-refractivity contribution in [3.63, 3.8) is 0 Å². The first-order chi connectivity index (χ1) is 2.64. The number of hydrogen-bond donors (Lipinski definition) is 1. The SMILES string of the molecule is CC(=N)C(C)=O. The monoisotopic (exact) mass is 85.1 g/mol. The fraction of sp³-hybridized carbons (Fsp3) is 0.500. The summed E-state index contributed by atoms with van der Waals surface area (Å²) in [7, 11) is 0. The van der Waals surface area contributed by atoms with E-state index >= 15 is 0 Å². The summed E-state index contributed by atoms with van der Waals surface area (Å²) in [4.78, 5) is 9.92. The van der Waals surface area contributed by atoms with Crippen LogP contribution in [0.25, 0.3) is 0 Å². The molecule has 0 atom stereocenters. The summed E-state index contributed by atoms with van der Waals surface area (Å²) in [5, 5.41) is 6.60. The second kappa shape index (κ2) is 1.70. The first kappa shape index (κ1) is 5.34. The van der Waals surface area contributed by atoms with Gasteiger partial charge in [-0.25, -0.2) is 0 Å². The quantitative estimate of drug-likeness (QED) is 0.466. The number of hydrogen-bond acceptors (Lipinski definition) is 2. The van der Waals surface area contributed by atoms with Crippen LogP contribution in [0, 0.1) is 5.41 Å². The summed E-state index contributed by atoms with van der Waals surface area (Å²) in [6, 6.07) is 0. The van der Waals surface area contributed by atoms with Crippen LogP contribution in [0.5, 0.6) is 0 Å². The maximum Gasteiger partial charge on any atom is 0.172 e. The maximum atomic E-state index is 9.92. The molecular weight excluding hydrogens is 78.0 g/mol. The Kier molecular flexibility index (Phi) is 1.51. The lowest BCUT2D eigenvalue weighted by Crippen LogP contribution is -2.00. The van der Waals surface area contributed by atoms with Gasteiger partial charge in [-0.15, -0.1) is 0 Å². The Morgan fingerprint density at radius 3 is 1.67 bits per heavy atom. The molecule has 0 spiro atoms. The van der Waals surface area contributed by atoms with Crippen molar-refractivity contribution in [3.05, 3.63) is 0 Å². The second-order valence-corrected chi connectivity index (χ2v) is 1.18. The molecule has 0 aromatic heterocycles. The molecule has 0 aromatic carbocycles. The van der Waals surface area contributed by atoms with Gasteiger partial charge in [0.05, 0.1) is 5.71 Å². The topological polar surface area (TPSA) is 40.9 Å². The van der Waals surface area contributed by atoms with Crippen LogP contribution in [0.2, 0.25) is 0 Å². The number of carbonyl (C=O) groups is 1. The Balaban J connectivity index is 3.57. The molecule has 34 valence electrons. The van der Waals surface area contributed by atoms with Crippen molar-refractivity contribution in [2.24, 2.45) is 0 Å². The van der Waals surface area contributed by atoms with Crippen LogP contribution < -0.4 is 0 Å². The van der Waals surface area contributed by atoms with Gasteiger partial charge in [0, 0.05) is 6.92 Å². The summed E-state index contributed by atoms with van der Waals surface area (Å²) in [6.45, 7) is 2.85. The highest BCUT2D eigenvalue weighted by Gasteiger charge is 1.88. The molecule has 0 saturated carbocycles. The van der Waals surface area contributed by atoms with Gasteiger partial charge in [-0.1, -0.05) is 0 Å². The molecule has 1 N–H and O–H groups in total. The molecular formula is C4H7NO. The summed E-state index contributed by atoms with van der Waals surface area (Å²) < 4.78 is 0. The van der Waals surface area contributed by atoms with Crippen molar-refractivity contribution < 1.29 is 4.79 Å². The number of Topliss-reactive ketones (excluding diaryl/α,β-unsaturated/α-hetero) is 1. The number of ketones is 1. The van der Waals surface area contributed by atoms with E-state index in [1.54, 1.807) is 0 Å². The Labute approximate surface area is 36.7 Å². The van der Waals surface area contributed by atoms with E-state index in [0.717, 1.165) is 0 Å². The predicted octanol–water partition coefficient (Wildman–Crippen LogP) is 0.615. The molecule has 0 rings (SSSR count). The fourth-order valence-corrected chi connectivity index (χ4v) is 0. The normalized spacial score (nSPS) is 7.67. The zero-order valence-corrected chi connectivity index (χ0v) is 3.91. The van der Waals surface area contributed by atoms with E-state index in [9.17, 15) is 4.79 Å². The lowest BCUT2D eigenvalue weighted by atomic mass is 10.3. The molecule has 0 fully saturated rings. The lowest BCUT2D eigenvalue weighted by molar-refractivity contribution is -0.111. The molecule has 0 aliphatic rings. The minimum absolute atomic E-state index is 0.120. The first-order valence-electron chi connectivity index (χ1n) is 1.70. The van der Waals surface area contributed by atoms with Crippen molar-refractivity contribution in [1.82, 2.24) is 0 Å². The maximum absolute atomic E-state index is 9.92. The summed E-state index contributed by atoms with van der Waals surface area (Å²) in [6.07, 6.45) is 0. The molecule has 6 heavy (non-hydrogen) atoms. The molecule has 0 aliphatic heterocycles. The molecule has 0 saturated heterocycles. The molecule has 2 heteroatoms. The van der Waals surface area contributed by atoms with E-state index in [0.29, 0.717) is 0 Å². The Bertz CT molecular complexity index is 73.5. The highest BCUT2D eigenvalue weighted by atomic mass is 16.1. The van der Waals surface area contributed by atoms with Crippen LogP contribution in [0.3, 0.4) is 0 Å². The highest BCUT2D eigenvalue weighted by Crippen LogP contribution is 1.67. The summed E-state index contributed by atoms with van der Waals surface area (Å²) in [5.74, 6) is -0.157. The zero-order valence-electron chi connectivity index (χ0n) is 3.91. The highest BCUT2D eigenvalue weighted by molar-refractivity contribution is 6.36. The Morgan fingerprint density at radius 2 is 1.67 bits per heavy atom. The molecule has 0 aliphatic carbocycles. The van der Waals surface area contributed by atoms with Crippen molar-refractivity contribution in [1.29, 1.82) is 5.41 Å². The molecule has 0 radical (unpaired) electrons. The van der Waals surface area contributed by atoms with Gasteiger partial charge < -0.3 is 5.41 Å². The zero-order chi connectivity index (χ0) is 5.15. The van der Waals surface area contributed by atoms with Crippen molar-refractivity contribution in [2.45, 2.75) is 13.8 Å². The van der Waals surface area contributed by atoms with Crippen molar-refractivity contribution in [2.75, 3.05) is 0 Å². The van der Waals surface area contributed by atoms with Crippen LogP contribution in [0.4, 0.5) is 0 Å². The number of carbonyl (C=O) groups excluding carboxylic acids is 1. The van der Waals surface area contributed by atoms with E-state index in [2.05, 4.69) is 0 Å². The number of nitrogens with one attached hydrogen (secondary N) is 1. The van der Waals surface area contributed by atoms with Crippen LogP contribution in [0.1, 0.15) is 13.8 Å². The standard InChI is InChI=1S/C4H7NO/c1-3(5)4(2)6/h5H,1-2H3. The fourth-order valence-electron chi connectivity index (χ4n) is 0. The third-order valence-corrected chi connectivity index (χ3v) is 0.528. The second-order valence-electron chi connectivity index (χ2n) is 1.18. The van der Waals surface area contributed by atoms with Crippen LogP contribution in [-0.2, 0) is 4.79 Å². The molecule has 2 nitrogen and oxygen atoms in total. The van der Waals surface area contributed by atoms with Gasteiger partial charge in [0.15, 0.2) is 5.78 Å². The van der Waals surface area contributed by atoms with Gasteiger partial charge in [-0.2, -0.15) is 0 Å². The summed E-state index contributed by atoms with van der Waals surface area (Å²) >= 11 is 0. The largest absolute Gasteiger partial charge is 0.302 e. The van der Waals surface area contributed by atoms with E-state index in [4.69, 9.17) is 5.41 Å². The van der Waals surface area contributed by atoms with E-state index in [-0.39, 0.29) is 11.5 Å². The van der Waals surface area contributed by atoms with Gasteiger partial charge in [0.1, 0.15) is 0 Å². The Morgan fingerprint density at radius 1 is 1.50 bits per heavy atom. The third-order valence-electron chi connectivity index (χ3n) is 0.528. The summed E-state index contributed by atoms with van der Waals surface area (Å²) in [5.41, 5.74) is 0.120. The molecule has 0 aromatic rings. The van der Waals surface area contributed by atoms with E-state index in [1.807, 2.05) is 0 Å². The van der Waals surface area contributed by atoms with Crippen molar-refractivity contribution in [3.8, 4) is 0 Å². The predicted molar refractivity (Wildman–Crippen MR) is 24.1 cm³/mol. The smallest absolute Gasteiger partial charge is 0.172 e. The van der Waals surface area contributed by atoms with Crippen molar-refractivity contribution >= 4 is 11.5 Å². The van der Waals surface area contributed by atoms with E-state index < -0.39 is 0 Å². The van der Waals surface area contributed by atoms with Crippen LogP contribution >= 0.6 is 0 Å². The van der Waals surface area contributed by atoms with Gasteiger partial charge in [-0.3, -0.25) is 4.79 Å². The minimum Gasteiger partial charge on any atom is -0.302 e. The average Bonchev–Trinajstić information content (AvgIpc) is 1.36. The lowest BCUT2D eigenvalue weighted by Gasteiger charge is -1.78. The first-order valence-corrected chi connectivity index (χ1v) is 1.70.